The molecule has 0 bridgehead atoms. The summed E-state index contributed by atoms with van der Waals surface area (Å²) in [4.78, 5) is 24.7. The third-order valence-corrected chi connectivity index (χ3v) is 4.33. The Morgan fingerprint density at radius 3 is 2.48 bits per heavy atom. The van der Waals surface area contributed by atoms with Crippen LogP contribution >= 0.6 is 0 Å². The Morgan fingerprint density at radius 1 is 1.17 bits per heavy atom. The largest absolute Gasteiger partial charge is 0.435 e. The summed E-state index contributed by atoms with van der Waals surface area (Å²) in [6.07, 6.45) is -1.05. The third kappa shape index (κ3) is 4.94. The average Bonchev–Trinajstić information content (AvgIpc) is 2.70. The molecule has 1 heterocycles. The highest BCUT2D eigenvalue weighted by Crippen LogP contribution is 2.19. The lowest BCUT2D eigenvalue weighted by Crippen LogP contribution is -2.36. The van der Waals surface area contributed by atoms with Crippen molar-refractivity contribution in [2.75, 3.05) is 6.54 Å². The number of amides is 1. The smallest absolute Gasteiger partial charge is 0.387 e. The van der Waals surface area contributed by atoms with Gasteiger partial charge in [-0.15, -0.1) is 0 Å². The van der Waals surface area contributed by atoms with Crippen molar-refractivity contribution in [1.82, 2.24) is 15.1 Å². The van der Waals surface area contributed by atoms with Crippen LogP contribution in [0.4, 0.5) is 8.78 Å². The fourth-order valence-corrected chi connectivity index (χ4v) is 2.90. The maximum absolute atomic E-state index is 12.5. The summed E-state index contributed by atoms with van der Waals surface area (Å²) in [5.41, 5.74) is 0.666. The number of aliphatic hydroxyl groups is 1. The van der Waals surface area contributed by atoms with E-state index >= 15 is 0 Å². The maximum Gasteiger partial charge on any atom is 0.387 e. The van der Waals surface area contributed by atoms with Gasteiger partial charge in [0.25, 0.3) is 5.56 Å². The Kier molecular flexibility index (Phi) is 6.18. The van der Waals surface area contributed by atoms with E-state index in [0.29, 0.717) is 16.6 Å². The zero-order valence-electron chi connectivity index (χ0n) is 15.5. The van der Waals surface area contributed by atoms with E-state index in [9.17, 15) is 23.5 Å². The molecule has 0 spiro atoms. The van der Waals surface area contributed by atoms with Crippen LogP contribution in [0, 0.1) is 6.92 Å². The van der Waals surface area contributed by atoms with E-state index < -0.39 is 18.6 Å². The van der Waals surface area contributed by atoms with Crippen LogP contribution in [-0.4, -0.2) is 34.0 Å². The molecule has 7 nitrogen and oxygen atoms in total. The van der Waals surface area contributed by atoms with Gasteiger partial charge < -0.3 is 15.2 Å². The lowest BCUT2D eigenvalue weighted by molar-refractivity contribution is -0.122. The number of aryl methyl sites for hydroxylation is 1. The van der Waals surface area contributed by atoms with Gasteiger partial charge in [-0.2, -0.15) is 13.9 Å². The number of benzene rings is 2. The molecule has 0 saturated carbocycles. The fourth-order valence-electron chi connectivity index (χ4n) is 2.90. The van der Waals surface area contributed by atoms with Crippen molar-refractivity contribution in [2.45, 2.75) is 26.2 Å². The molecule has 152 valence electrons. The van der Waals surface area contributed by atoms with E-state index in [2.05, 4.69) is 15.2 Å². The minimum absolute atomic E-state index is 0.0305. The predicted octanol–water partition coefficient (Wildman–Crippen LogP) is 2.16. The second-order valence-electron chi connectivity index (χ2n) is 6.36. The highest BCUT2D eigenvalue weighted by atomic mass is 19.3. The molecule has 3 rings (SSSR count). The van der Waals surface area contributed by atoms with Crippen LogP contribution in [0.1, 0.15) is 17.4 Å². The van der Waals surface area contributed by atoms with Crippen molar-refractivity contribution in [3.05, 3.63) is 70.1 Å². The number of ether oxygens (including phenoxy) is 1. The summed E-state index contributed by atoms with van der Waals surface area (Å²) in [6.45, 7) is -1.59. The Labute approximate surface area is 164 Å². The molecule has 1 atom stereocenters. The van der Waals surface area contributed by atoms with Gasteiger partial charge in [-0.05, 0) is 30.7 Å². The standard InChI is InChI=1S/C20H19F2N3O4/c1-12-15-4-2-3-5-16(15)19(28)25(24-12)11-18(27)23-10-17(26)13-6-8-14(9-7-13)29-20(21)22/h2-9,17,20,26H,10-11H2,1H3,(H,23,27). The van der Waals surface area contributed by atoms with Gasteiger partial charge in [0.2, 0.25) is 5.91 Å². The van der Waals surface area contributed by atoms with Crippen LogP contribution in [0.2, 0.25) is 0 Å². The number of rotatable bonds is 7. The summed E-state index contributed by atoms with van der Waals surface area (Å²) in [5.74, 6) is -0.525. The molecule has 1 amide bonds. The molecular weight excluding hydrogens is 384 g/mol. The molecule has 29 heavy (non-hydrogen) atoms. The van der Waals surface area contributed by atoms with Crippen molar-refractivity contribution in [3.8, 4) is 5.75 Å². The van der Waals surface area contributed by atoms with E-state index in [1.165, 1.54) is 24.3 Å². The second-order valence-corrected chi connectivity index (χ2v) is 6.36. The molecule has 3 aromatic rings. The summed E-state index contributed by atoms with van der Waals surface area (Å²) in [5, 5.41) is 18.1. The second kappa shape index (κ2) is 8.78. The number of fused-ring (bicyclic) bond motifs is 1. The van der Waals surface area contributed by atoms with Crippen molar-refractivity contribution in [2.24, 2.45) is 0 Å². The summed E-state index contributed by atoms with van der Waals surface area (Å²) in [7, 11) is 0. The number of aromatic nitrogens is 2. The minimum Gasteiger partial charge on any atom is -0.435 e. The molecule has 0 saturated heterocycles. The molecule has 1 unspecified atom stereocenters. The minimum atomic E-state index is -2.93. The molecule has 0 aliphatic carbocycles. The molecule has 1 aromatic heterocycles. The Morgan fingerprint density at radius 2 is 1.83 bits per heavy atom. The summed E-state index contributed by atoms with van der Waals surface area (Å²) in [6, 6.07) is 12.5. The first-order valence-electron chi connectivity index (χ1n) is 8.81. The quantitative estimate of drug-likeness (QED) is 0.631. The zero-order chi connectivity index (χ0) is 21.0. The first-order valence-corrected chi connectivity index (χ1v) is 8.81. The molecule has 0 fully saturated rings. The van der Waals surface area contributed by atoms with Gasteiger partial charge >= 0.3 is 6.61 Å². The van der Waals surface area contributed by atoms with Crippen LogP contribution in [0.3, 0.4) is 0 Å². The molecule has 0 radical (unpaired) electrons. The average molecular weight is 403 g/mol. The SMILES string of the molecule is Cc1nn(CC(=O)NCC(O)c2ccc(OC(F)F)cc2)c(=O)c2ccccc12. The van der Waals surface area contributed by atoms with E-state index in [1.807, 2.05) is 0 Å². The first-order chi connectivity index (χ1) is 13.8. The van der Waals surface area contributed by atoms with Crippen LogP contribution in [0.5, 0.6) is 5.75 Å². The van der Waals surface area contributed by atoms with Gasteiger partial charge in [-0.1, -0.05) is 30.3 Å². The molecular formula is C20H19F2N3O4. The van der Waals surface area contributed by atoms with Crippen LogP contribution < -0.4 is 15.6 Å². The van der Waals surface area contributed by atoms with Crippen molar-refractivity contribution < 1.29 is 23.4 Å². The first kappa shape index (κ1) is 20.4. The highest BCUT2D eigenvalue weighted by Gasteiger charge is 2.13. The number of nitrogens with zero attached hydrogens (tertiary/aromatic N) is 2. The van der Waals surface area contributed by atoms with Crippen molar-refractivity contribution in [1.29, 1.82) is 0 Å². The number of nitrogens with one attached hydrogen (secondary N) is 1. The Hall–Kier alpha value is -3.33. The number of hydrogen-bond donors (Lipinski definition) is 2. The molecule has 9 heteroatoms. The lowest BCUT2D eigenvalue weighted by atomic mass is 10.1. The van der Waals surface area contributed by atoms with Gasteiger partial charge in [0.15, 0.2) is 0 Å². The number of hydrogen-bond acceptors (Lipinski definition) is 5. The van der Waals surface area contributed by atoms with Gasteiger partial charge in [0, 0.05) is 11.9 Å². The maximum atomic E-state index is 12.5. The van der Waals surface area contributed by atoms with Crippen LogP contribution in [-0.2, 0) is 11.3 Å². The van der Waals surface area contributed by atoms with E-state index in [4.69, 9.17) is 0 Å². The number of carbonyl (C=O) groups is 1. The third-order valence-electron chi connectivity index (χ3n) is 4.33. The number of carbonyl (C=O) groups excluding carboxylic acids is 1. The monoisotopic (exact) mass is 403 g/mol. The fraction of sp³-hybridized carbons (Fsp3) is 0.250. The lowest BCUT2D eigenvalue weighted by Gasteiger charge is -2.14. The van der Waals surface area contributed by atoms with E-state index in [1.54, 1.807) is 31.2 Å². The van der Waals surface area contributed by atoms with Gasteiger partial charge in [-0.25, -0.2) is 4.68 Å². The molecule has 2 N–H and O–H groups in total. The number of halogens is 2. The van der Waals surface area contributed by atoms with E-state index in [-0.39, 0.29) is 24.4 Å². The molecule has 0 aliphatic heterocycles. The number of alkyl halides is 2. The van der Waals surface area contributed by atoms with Crippen molar-refractivity contribution >= 4 is 16.7 Å². The Bertz CT molecular complexity index is 1070. The van der Waals surface area contributed by atoms with Crippen LogP contribution in [0.25, 0.3) is 10.8 Å². The summed E-state index contributed by atoms with van der Waals surface area (Å²) >= 11 is 0. The van der Waals surface area contributed by atoms with E-state index in [0.717, 1.165) is 10.1 Å². The van der Waals surface area contributed by atoms with Gasteiger partial charge in [0.05, 0.1) is 17.2 Å². The van der Waals surface area contributed by atoms with Crippen molar-refractivity contribution in [3.63, 3.8) is 0 Å². The predicted molar refractivity (Wildman–Crippen MR) is 102 cm³/mol. The Balaban J connectivity index is 1.62. The topological polar surface area (TPSA) is 93.5 Å². The number of aliphatic hydroxyl groups excluding tert-OH is 1. The molecule has 2 aromatic carbocycles. The van der Waals surface area contributed by atoms with Gasteiger partial charge in [-0.3, -0.25) is 9.59 Å². The summed E-state index contributed by atoms with van der Waals surface area (Å²) < 4.78 is 29.6. The van der Waals surface area contributed by atoms with Crippen LogP contribution in [0.15, 0.2) is 53.3 Å². The normalized spacial score (nSPS) is 12.2. The highest BCUT2D eigenvalue weighted by molar-refractivity contribution is 5.83. The van der Waals surface area contributed by atoms with Gasteiger partial charge in [0.1, 0.15) is 12.3 Å². The molecule has 0 aliphatic rings. The zero-order valence-corrected chi connectivity index (χ0v) is 15.5.